The summed E-state index contributed by atoms with van der Waals surface area (Å²) < 4.78 is 5.26. The van der Waals surface area contributed by atoms with Crippen LogP contribution in [0.2, 0.25) is 0 Å². The van der Waals surface area contributed by atoms with E-state index in [1.807, 2.05) is 12.1 Å². The molecule has 1 saturated heterocycles. The van der Waals surface area contributed by atoms with Crippen LogP contribution >= 0.6 is 0 Å². The maximum absolute atomic E-state index is 12.7. The van der Waals surface area contributed by atoms with Gasteiger partial charge in [-0.1, -0.05) is 12.2 Å². The van der Waals surface area contributed by atoms with Crippen LogP contribution in [0.4, 0.5) is 5.69 Å². The molecule has 1 saturated carbocycles. The molecule has 2 aliphatic carbocycles. The monoisotopic (exact) mass is 306 g/mol. The van der Waals surface area contributed by atoms with Gasteiger partial charge in [0.05, 0.1) is 23.7 Å². The van der Waals surface area contributed by atoms with Gasteiger partial charge in [-0.25, -0.2) is 4.98 Å². The third-order valence-electron chi connectivity index (χ3n) is 5.31. The lowest BCUT2D eigenvalue weighted by molar-refractivity contribution is -0.123. The van der Waals surface area contributed by atoms with Crippen molar-refractivity contribution in [3.8, 4) is 11.3 Å². The van der Waals surface area contributed by atoms with Crippen molar-refractivity contribution in [2.45, 2.75) is 6.42 Å². The predicted molar refractivity (Wildman–Crippen MR) is 82.1 cm³/mol. The fraction of sp³-hybridized carbons (Fsp3) is 0.278. The summed E-state index contributed by atoms with van der Waals surface area (Å²) >= 11 is 0. The van der Waals surface area contributed by atoms with Crippen molar-refractivity contribution < 1.29 is 14.0 Å². The first-order chi connectivity index (χ1) is 11.2. The summed E-state index contributed by atoms with van der Waals surface area (Å²) in [4.78, 5) is 30.7. The van der Waals surface area contributed by atoms with Gasteiger partial charge in [-0.2, -0.15) is 0 Å². The highest BCUT2D eigenvalue weighted by Crippen LogP contribution is 2.53. The molecule has 1 aliphatic heterocycles. The normalized spacial score (nSPS) is 31.2. The lowest BCUT2D eigenvalue weighted by Crippen LogP contribution is -2.32. The number of fused-ring (bicyclic) bond motifs is 5. The van der Waals surface area contributed by atoms with Gasteiger partial charge in [0.25, 0.3) is 0 Å². The molecule has 0 spiro atoms. The average Bonchev–Trinajstić information content (AvgIpc) is 3.33. The molecule has 5 rings (SSSR count). The number of rotatable bonds is 2. The van der Waals surface area contributed by atoms with E-state index in [2.05, 4.69) is 17.1 Å². The number of carbonyl (C=O) groups excluding carboxylic acids is 2. The molecule has 5 heteroatoms. The third kappa shape index (κ3) is 1.64. The SMILES string of the molecule is O=C1[C@@H]2[C@@H](C(=O)N1c1ccc(-c3cnco3)cc1)[C@@H]1C=C[C@@H]2C1. The Morgan fingerprint density at radius 1 is 1.00 bits per heavy atom. The van der Waals surface area contributed by atoms with Crippen molar-refractivity contribution >= 4 is 17.5 Å². The zero-order valence-electron chi connectivity index (χ0n) is 12.3. The Hall–Kier alpha value is -2.69. The first kappa shape index (κ1) is 12.8. The molecule has 2 amide bonds. The number of nitrogens with zero attached hydrogens (tertiary/aromatic N) is 2. The van der Waals surface area contributed by atoms with Gasteiger partial charge in [0, 0.05) is 5.56 Å². The molecule has 2 bridgehead atoms. The Morgan fingerprint density at radius 2 is 1.65 bits per heavy atom. The lowest BCUT2D eigenvalue weighted by atomic mass is 9.85. The minimum absolute atomic E-state index is 0.0516. The Kier molecular flexibility index (Phi) is 2.46. The number of aromatic nitrogens is 1. The fourth-order valence-corrected chi connectivity index (χ4v) is 4.29. The van der Waals surface area contributed by atoms with Crippen LogP contribution in [-0.4, -0.2) is 16.8 Å². The first-order valence-corrected chi connectivity index (χ1v) is 7.79. The second-order valence-electron chi connectivity index (χ2n) is 6.42. The lowest BCUT2D eigenvalue weighted by Gasteiger charge is -2.17. The number of oxazole rings is 1. The van der Waals surface area contributed by atoms with Gasteiger partial charge in [0.1, 0.15) is 0 Å². The summed E-state index contributed by atoms with van der Waals surface area (Å²) in [6.07, 6.45) is 8.17. The number of carbonyl (C=O) groups is 2. The number of hydrogen-bond acceptors (Lipinski definition) is 4. The van der Waals surface area contributed by atoms with E-state index in [0.29, 0.717) is 11.4 Å². The molecular weight excluding hydrogens is 292 g/mol. The molecule has 5 nitrogen and oxygen atoms in total. The first-order valence-electron chi connectivity index (χ1n) is 7.79. The van der Waals surface area contributed by atoms with E-state index in [4.69, 9.17) is 4.42 Å². The van der Waals surface area contributed by atoms with Crippen molar-refractivity contribution in [1.82, 2.24) is 4.98 Å². The smallest absolute Gasteiger partial charge is 0.238 e. The van der Waals surface area contributed by atoms with E-state index in [1.54, 1.807) is 18.3 Å². The summed E-state index contributed by atoms with van der Waals surface area (Å²) in [7, 11) is 0. The quantitative estimate of drug-likeness (QED) is 0.632. The summed E-state index contributed by atoms with van der Waals surface area (Å²) in [6, 6.07) is 7.28. The van der Waals surface area contributed by atoms with Crippen LogP contribution in [0.3, 0.4) is 0 Å². The van der Waals surface area contributed by atoms with Gasteiger partial charge >= 0.3 is 0 Å². The van der Waals surface area contributed by atoms with Crippen molar-refractivity contribution in [1.29, 1.82) is 0 Å². The number of hydrogen-bond donors (Lipinski definition) is 0. The van der Waals surface area contributed by atoms with Crippen LogP contribution in [0.25, 0.3) is 11.3 Å². The topological polar surface area (TPSA) is 63.4 Å². The highest BCUT2D eigenvalue weighted by Gasteiger charge is 2.59. The second-order valence-corrected chi connectivity index (χ2v) is 6.42. The Labute approximate surface area is 132 Å². The van der Waals surface area contributed by atoms with Crippen molar-refractivity contribution in [3.05, 3.63) is 49.0 Å². The minimum Gasteiger partial charge on any atom is -0.444 e. The average molecular weight is 306 g/mol. The third-order valence-corrected chi connectivity index (χ3v) is 5.31. The number of imide groups is 1. The summed E-state index contributed by atoms with van der Waals surface area (Å²) in [5.41, 5.74) is 1.50. The molecule has 23 heavy (non-hydrogen) atoms. The van der Waals surface area contributed by atoms with E-state index in [9.17, 15) is 9.59 Å². The molecule has 2 aromatic rings. The van der Waals surface area contributed by atoms with Crippen LogP contribution in [0.5, 0.6) is 0 Å². The molecule has 0 unspecified atom stereocenters. The summed E-state index contributed by atoms with van der Waals surface area (Å²) in [5.74, 6) is 0.709. The Bertz CT molecular complexity index is 792. The minimum atomic E-state index is -0.161. The molecule has 114 valence electrons. The number of allylic oxidation sites excluding steroid dienone is 2. The Balaban J connectivity index is 1.49. The van der Waals surface area contributed by atoms with Gasteiger partial charge in [-0.05, 0) is 42.5 Å². The summed E-state index contributed by atoms with van der Waals surface area (Å²) in [5, 5.41) is 0. The van der Waals surface area contributed by atoms with E-state index in [-0.39, 0.29) is 35.5 Å². The van der Waals surface area contributed by atoms with Crippen LogP contribution in [0.1, 0.15) is 6.42 Å². The molecule has 2 heterocycles. The molecule has 1 aromatic heterocycles. The van der Waals surface area contributed by atoms with Crippen LogP contribution in [-0.2, 0) is 9.59 Å². The van der Waals surface area contributed by atoms with Crippen molar-refractivity contribution in [2.24, 2.45) is 23.7 Å². The molecule has 0 radical (unpaired) electrons. The molecule has 0 N–H and O–H groups in total. The van der Waals surface area contributed by atoms with E-state index in [0.717, 1.165) is 12.0 Å². The largest absolute Gasteiger partial charge is 0.444 e. The fourth-order valence-electron chi connectivity index (χ4n) is 4.29. The zero-order chi connectivity index (χ0) is 15.6. The molecular formula is C18H14N2O3. The zero-order valence-corrected chi connectivity index (χ0v) is 12.3. The number of anilines is 1. The predicted octanol–water partition coefficient (Wildman–Crippen LogP) is 2.65. The van der Waals surface area contributed by atoms with Crippen LogP contribution < -0.4 is 4.90 Å². The number of benzene rings is 1. The number of amides is 2. The van der Waals surface area contributed by atoms with Gasteiger partial charge in [0.15, 0.2) is 12.2 Å². The van der Waals surface area contributed by atoms with Gasteiger partial charge in [-0.3, -0.25) is 14.5 Å². The van der Waals surface area contributed by atoms with E-state index < -0.39 is 0 Å². The van der Waals surface area contributed by atoms with Gasteiger partial charge in [-0.15, -0.1) is 0 Å². The maximum atomic E-state index is 12.7. The Morgan fingerprint density at radius 3 is 2.22 bits per heavy atom. The molecule has 3 aliphatic rings. The van der Waals surface area contributed by atoms with E-state index in [1.165, 1.54) is 11.3 Å². The maximum Gasteiger partial charge on any atom is 0.238 e. The van der Waals surface area contributed by atoms with Crippen molar-refractivity contribution in [2.75, 3.05) is 4.90 Å². The molecule has 2 fully saturated rings. The highest BCUT2D eigenvalue weighted by atomic mass is 16.3. The molecule has 4 atom stereocenters. The van der Waals surface area contributed by atoms with E-state index >= 15 is 0 Å². The van der Waals surface area contributed by atoms with Crippen LogP contribution in [0.15, 0.2) is 53.4 Å². The second kappa shape index (κ2) is 4.41. The standard InChI is InChI=1S/C18H14N2O3/c21-17-15-11-1-2-12(7-11)16(15)18(22)20(17)13-5-3-10(4-6-13)14-8-19-9-23-14/h1-6,8-9,11-12,15-16H,7H2/t11-,12-,15+,16+/m1/s1. The summed E-state index contributed by atoms with van der Waals surface area (Å²) in [6.45, 7) is 0. The van der Waals surface area contributed by atoms with Crippen molar-refractivity contribution in [3.63, 3.8) is 0 Å². The van der Waals surface area contributed by atoms with Gasteiger partial charge < -0.3 is 4.42 Å². The highest BCUT2D eigenvalue weighted by molar-refractivity contribution is 6.22. The molecule has 1 aromatic carbocycles. The van der Waals surface area contributed by atoms with Gasteiger partial charge in [0.2, 0.25) is 11.8 Å². The van der Waals surface area contributed by atoms with Crippen LogP contribution in [0, 0.1) is 23.7 Å².